The number of rotatable bonds is 8. The molecule has 2 N–H and O–H groups in total. The Bertz CT molecular complexity index is 466. The molecule has 0 atom stereocenters. The van der Waals surface area contributed by atoms with Crippen molar-refractivity contribution >= 4 is 29.9 Å². The third-order valence-corrected chi connectivity index (χ3v) is 3.59. The third-order valence-electron chi connectivity index (χ3n) is 3.59. The summed E-state index contributed by atoms with van der Waals surface area (Å²) in [7, 11) is 2.10. The fourth-order valence-electron chi connectivity index (χ4n) is 1.94. The van der Waals surface area contributed by atoms with E-state index in [9.17, 15) is 4.39 Å². The van der Waals surface area contributed by atoms with Crippen LogP contribution in [0.2, 0.25) is 0 Å². The van der Waals surface area contributed by atoms with E-state index in [2.05, 4.69) is 41.4 Å². The minimum atomic E-state index is -0.148. The van der Waals surface area contributed by atoms with Gasteiger partial charge in [0.2, 0.25) is 0 Å². The highest BCUT2D eigenvalue weighted by Gasteiger charge is 2.03. The lowest BCUT2D eigenvalue weighted by Crippen LogP contribution is -2.39. The maximum absolute atomic E-state index is 13.6. The first kappa shape index (κ1) is 22.1. The Hall–Kier alpha value is -0.890. The molecule has 6 heteroatoms. The predicted molar refractivity (Wildman–Crippen MR) is 107 cm³/mol. The summed E-state index contributed by atoms with van der Waals surface area (Å²) in [5.74, 6) is 0.640. The number of aliphatic imine (C=N–C) groups is 1. The first-order valence-corrected chi connectivity index (χ1v) is 8.00. The second kappa shape index (κ2) is 12.5. The Balaban J connectivity index is 0.00000484. The SMILES string of the molecule is CCNC(=NCCN(C)C(C)C)NCCc1ccccc1F.I. The molecule has 23 heavy (non-hydrogen) atoms. The molecular formula is C17H30FIN4. The molecule has 0 aromatic heterocycles. The Morgan fingerprint density at radius 1 is 1.26 bits per heavy atom. The summed E-state index contributed by atoms with van der Waals surface area (Å²) in [6.45, 7) is 9.50. The molecule has 0 amide bonds. The van der Waals surface area contributed by atoms with Gasteiger partial charge >= 0.3 is 0 Å². The van der Waals surface area contributed by atoms with E-state index in [1.54, 1.807) is 6.07 Å². The van der Waals surface area contributed by atoms with Crippen molar-refractivity contribution in [3.05, 3.63) is 35.6 Å². The average molecular weight is 436 g/mol. The summed E-state index contributed by atoms with van der Waals surface area (Å²) in [5, 5.41) is 6.47. The van der Waals surface area contributed by atoms with Crippen LogP contribution in [-0.2, 0) is 6.42 Å². The van der Waals surface area contributed by atoms with Gasteiger partial charge in [-0.1, -0.05) is 18.2 Å². The minimum absolute atomic E-state index is 0. The number of guanidine groups is 1. The summed E-state index contributed by atoms with van der Waals surface area (Å²) < 4.78 is 13.6. The lowest BCUT2D eigenvalue weighted by Gasteiger charge is -2.20. The zero-order valence-corrected chi connectivity index (χ0v) is 16.9. The van der Waals surface area contributed by atoms with Crippen molar-refractivity contribution in [1.29, 1.82) is 0 Å². The Morgan fingerprint density at radius 3 is 2.57 bits per heavy atom. The maximum Gasteiger partial charge on any atom is 0.191 e. The molecule has 0 fully saturated rings. The predicted octanol–water partition coefficient (Wildman–Crippen LogP) is 2.88. The van der Waals surface area contributed by atoms with Crippen LogP contribution >= 0.6 is 24.0 Å². The van der Waals surface area contributed by atoms with Crippen molar-refractivity contribution in [3.8, 4) is 0 Å². The van der Waals surface area contributed by atoms with Gasteiger partial charge in [-0.25, -0.2) is 4.39 Å². The van der Waals surface area contributed by atoms with E-state index in [0.717, 1.165) is 31.2 Å². The van der Waals surface area contributed by atoms with Crippen molar-refractivity contribution in [2.45, 2.75) is 33.2 Å². The number of hydrogen-bond donors (Lipinski definition) is 2. The van der Waals surface area contributed by atoms with Gasteiger partial charge in [0.05, 0.1) is 6.54 Å². The van der Waals surface area contributed by atoms with Crippen molar-refractivity contribution in [1.82, 2.24) is 15.5 Å². The summed E-state index contributed by atoms with van der Waals surface area (Å²) in [5.41, 5.74) is 0.727. The molecule has 4 nitrogen and oxygen atoms in total. The average Bonchev–Trinajstić information content (AvgIpc) is 2.49. The first-order valence-electron chi connectivity index (χ1n) is 8.00. The number of benzene rings is 1. The van der Waals surface area contributed by atoms with Gasteiger partial charge in [-0.2, -0.15) is 0 Å². The zero-order chi connectivity index (χ0) is 16.4. The van der Waals surface area contributed by atoms with Gasteiger partial charge in [0.15, 0.2) is 5.96 Å². The quantitative estimate of drug-likeness (QED) is 0.374. The Labute approximate surface area is 157 Å². The van der Waals surface area contributed by atoms with Gasteiger partial charge in [-0.05, 0) is 45.9 Å². The van der Waals surface area contributed by atoms with Crippen LogP contribution in [0.25, 0.3) is 0 Å². The fraction of sp³-hybridized carbons (Fsp3) is 0.588. The second-order valence-corrected chi connectivity index (χ2v) is 5.60. The van der Waals surface area contributed by atoms with Gasteiger partial charge in [-0.3, -0.25) is 4.99 Å². The maximum atomic E-state index is 13.6. The topological polar surface area (TPSA) is 39.7 Å². The number of nitrogens with zero attached hydrogens (tertiary/aromatic N) is 2. The van der Waals surface area contributed by atoms with Crippen molar-refractivity contribution in [3.63, 3.8) is 0 Å². The summed E-state index contributed by atoms with van der Waals surface area (Å²) >= 11 is 0. The molecule has 0 radical (unpaired) electrons. The Morgan fingerprint density at radius 2 is 1.96 bits per heavy atom. The van der Waals surface area contributed by atoms with E-state index in [1.165, 1.54) is 6.07 Å². The third kappa shape index (κ3) is 9.10. The summed E-state index contributed by atoms with van der Waals surface area (Å²) in [6, 6.07) is 7.41. The molecule has 0 heterocycles. The largest absolute Gasteiger partial charge is 0.357 e. The fourth-order valence-corrected chi connectivity index (χ4v) is 1.94. The highest BCUT2D eigenvalue weighted by molar-refractivity contribution is 14.0. The van der Waals surface area contributed by atoms with E-state index in [0.29, 0.717) is 19.0 Å². The Kier molecular flexibility index (Phi) is 12.0. The number of nitrogens with one attached hydrogen (secondary N) is 2. The molecular weight excluding hydrogens is 406 g/mol. The monoisotopic (exact) mass is 436 g/mol. The molecule has 0 unspecified atom stereocenters. The van der Waals surface area contributed by atoms with Crippen LogP contribution < -0.4 is 10.6 Å². The second-order valence-electron chi connectivity index (χ2n) is 5.60. The molecule has 0 bridgehead atoms. The smallest absolute Gasteiger partial charge is 0.191 e. The molecule has 132 valence electrons. The number of halogens is 2. The molecule has 0 aliphatic carbocycles. The zero-order valence-electron chi connectivity index (χ0n) is 14.6. The van der Waals surface area contributed by atoms with Gasteiger partial charge in [-0.15, -0.1) is 24.0 Å². The molecule has 0 saturated heterocycles. The summed E-state index contributed by atoms with van der Waals surface area (Å²) in [6.07, 6.45) is 0.642. The van der Waals surface area contributed by atoms with E-state index in [-0.39, 0.29) is 29.8 Å². The van der Waals surface area contributed by atoms with E-state index in [4.69, 9.17) is 0 Å². The molecule has 1 aromatic rings. The molecule has 1 rings (SSSR count). The minimum Gasteiger partial charge on any atom is -0.357 e. The van der Waals surface area contributed by atoms with E-state index >= 15 is 0 Å². The number of hydrogen-bond acceptors (Lipinski definition) is 2. The van der Waals surface area contributed by atoms with E-state index in [1.807, 2.05) is 19.1 Å². The first-order chi connectivity index (χ1) is 10.5. The standard InChI is InChI=1S/C17H29FN4.HI/c1-5-19-17(21-12-13-22(4)14(2)3)20-11-10-15-8-6-7-9-16(15)18;/h6-9,14H,5,10-13H2,1-4H3,(H2,19,20,21);1H. The van der Waals surface area contributed by atoms with Crippen LogP contribution in [0.4, 0.5) is 4.39 Å². The van der Waals surface area contributed by atoms with Crippen molar-refractivity contribution < 1.29 is 4.39 Å². The molecule has 0 spiro atoms. The lowest BCUT2D eigenvalue weighted by atomic mass is 10.1. The normalized spacial score (nSPS) is 11.5. The number of likely N-dealkylation sites (N-methyl/N-ethyl adjacent to an activating group) is 1. The van der Waals surface area contributed by atoms with E-state index < -0.39 is 0 Å². The molecule has 0 saturated carbocycles. The lowest BCUT2D eigenvalue weighted by molar-refractivity contribution is 0.282. The van der Waals surface area contributed by atoms with Gasteiger partial charge in [0.1, 0.15) is 5.82 Å². The van der Waals surface area contributed by atoms with Crippen molar-refractivity contribution in [2.24, 2.45) is 4.99 Å². The van der Waals surface area contributed by atoms with Gasteiger partial charge in [0, 0.05) is 25.7 Å². The van der Waals surface area contributed by atoms with Crippen molar-refractivity contribution in [2.75, 3.05) is 33.2 Å². The van der Waals surface area contributed by atoms with Crippen LogP contribution in [0.5, 0.6) is 0 Å². The molecule has 0 aliphatic rings. The highest BCUT2D eigenvalue weighted by atomic mass is 127. The van der Waals surface area contributed by atoms with Crippen LogP contribution in [0.3, 0.4) is 0 Å². The van der Waals surface area contributed by atoms with Crippen LogP contribution in [-0.4, -0.2) is 50.1 Å². The highest BCUT2D eigenvalue weighted by Crippen LogP contribution is 2.06. The van der Waals surface area contributed by atoms with Crippen LogP contribution in [0.1, 0.15) is 26.3 Å². The van der Waals surface area contributed by atoms with Crippen LogP contribution in [0.15, 0.2) is 29.3 Å². The van der Waals surface area contributed by atoms with Gasteiger partial charge < -0.3 is 15.5 Å². The molecule has 1 aromatic carbocycles. The summed E-state index contributed by atoms with van der Waals surface area (Å²) in [4.78, 5) is 6.80. The van der Waals surface area contributed by atoms with Crippen LogP contribution in [0, 0.1) is 5.82 Å². The molecule has 0 aliphatic heterocycles. The van der Waals surface area contributed by atoms with Gasteiger partial charge in [0.25, 0.3) is 0 Å².